The summed E-state index contributed by atoms with van der Waals surface area (Å²) >= 11 is 0. The maximum absolute atomic E-state index is 11.9. The Morgan fingerprint density at radius 2 is 1.73 bits per heavy atom. The molecular formula is C15H21NO6. The van der Waals surface area contributed by atoms with Crippen LogP contribution in [0.15, 0.2) is 18.2 Å². The van der Waals surface area contributed by atoms with Crippen LogP contribution in [0.5, 0.6) is 11.5 Å². The molecule has 1 aromatic rings. The number of esters is 2. The van der Waals surface area contributed by atoms with Crippen molar-refractivity contribution in [1.82, 2.24) is 0 Å². The van der Waals surface area contributed by atoms with E-state index >= 15 is 0 Å². The lowest BCUT2D eigenvalue weighted by molar-refractivity contribution is -0.164. The SMILES string of the molecule is CC(=O)O[C@H](C)[C@@H](C)OC(=O)[C@@H](N)Cc1ccc(O)c(O)c1. The van der Waals surface area contributed by atoms with Gasteiger partial charge in [-0.15, -0.1) is 0 Å². The van der Waals surface area contributed by atoms with E-state index in [0.29, 0.717) is 5.56 Å². The molecule has 0 aromatic heterocycles. The summed E-state index contributed by atoms with van der Waals surface area (Å²) in [6.45, 7) is 4.49. The normalized spacial score (nSPS) is 14.7. The van der Waals surface area contributed by atoms with E-state index in [1.165, 1.54) is 19.1 Å². The van der Waals surface area contributed by atoms with Crippen LogP contribution >= 0.6 is 0 Å². The molecule has 7 nitrogen and oxygen atoms in total. The number of rotatable bonds is 6. The van der Waals surface area contributed by atoms with E-state index in [0.717, 1.165) is 0 Å². The Labute approximate surface area is 128 Å². The number of phenolic OH excluding ortho intramolecular Hbond substituents is 2. The highest BCUT2D eigenvalue weighted by molar-refractivity contribution is 5.76. The summed E-state index contributed by atoms with van der Waals surface area (Å²) in [4.78, 5) is 22.7. The minimum atomic E-state index is -0.934. The number of aromatic hydroxyl groups is 2. The Hall–Kier alpha value is -2.28. The second-order valence-electron chi connectivity index (χ2n) is 5.09. The Balaban J connectivity index is 2.57. The number of hydrogen-bond donors (Lipinski definition) is 3. The highest BCUT2D eigenvalue weighted by Crippen LogP contribution is 2.25. The molecular weight excluding hydrogens is 290 g/mol. The number of carbonyl (C=O) groups excluding carboxylic acids is 2. The van der Waals surface area contributed by atoms with Gasteiger partial charge in [0, 0.05) is 6.92 Å². The molecule has 0 bridgehead atoms. The van der Waals surface area contributed by atoms with Crippen molar-refractivity contribution in [3.63, 3.8) is 0 Å². The highest BCUT2D eigenvalue weighted by atomic mass is 16.6. The molecule has 0 aliphatic carbocycles. The lowest BCUT2D eigenvalue weighted by atomic mass is 10.1. The Kier molecular flexibility index (Phi) is 6.18. The Morgan fingerprint density at radius 3 is 2.27 bits per heavy atom. The molecule has 4 N–H and O–H groups in total. The fourth-order valence-corrected chi connectivity index (χ4v) is 1.76. The second-order valence-corrected chi connectivity index (χ2v) is 5.09. The van der Waals surface area contributed by atoms with E-state index in [1.807, 2.05) is 0 Å². The van der Waals surface area contributed by atoms with E-state index in [9.17, 15) is 19.8 Å². The van der Waals surface area contributed by atoms with Crippen LogP contribution in [0, 0.1) is 0 Å². The molecule has 122 valence electrons. The predicted octanol–water partition coefficient (Wildman–Crippen LogP) is 0.851. The van der Waals surface area contributed by atoms with E-state index in [1.54, 1.807) is 19.9 Å². The zero-order valence-electron chi connectivity index (χ0n) is 12.8. The third-order valence-electron chi connectivity index (χ3n) is 3.11. The maximum atomic E-state index is 11.9. The highest BCUT2D eigenvalue weighted by Gasteiger charge is 2.23. The Bertz CT molecular complexity index is 545. The fourth-order valence-electron chi connectivity index (χ4n) is 1.76. The van der Waals surface area contributed by atoms with Crippen molar-refractivity contribution in [1.29, 1.82) is 0 Å². The van der Waals surface area contributed by atoms with Crippen LogP contribution in [-0.4, -0.2) is 40.4 Å². The van der Waals surface area contributed by atoms with Gasteiger partial charge in [0.25, 0.3) is 0 Å². The topological polar surface area (TPSA) is 119 Å². The fraction of sp³-hybridized carbons (Fsp3) is 0.467. The van der Waals surface area contributed by atoms with Gasteiger partial charge in [-0.3, -0.25) is 9.59 Å². The third-order valence-corrected chi connectivity index (χ3v) is 3.11. The molecule has 0 aliphatic rings. The zero-order chi connectivity index (χ0) is 16.9. The molecule has 0 heterocycles. The molecule has 0 saturated carbocycles. The summed E-state index contributed by atoms with van der Waals surface area (Å²) in [7, 11) is 0. The first kappa shape index (κ1) is 17.8. The zero-order valence-corrected chi connectivity index (χ0v) is 12.8. The Morgan fingerprint density at radius 1 is 1.14 bits per heavy atom. The van der Waals surface area contributed by atoms with Gasteiger partial charge in [0.2, 0.25) is 0 Å². The predicted molar refractivity (Wildman–Crippen MR) is 78.2 cm³/mol. The van der Waals surface area contributed by atoms with Crippen molar-refractivity contribution in [2.24, 2.45) is 5.73 Å². The van der Waals surface area contributed by atoms with Gasteiger partial charge in [0.05, 0.1) is 0 Å². The number of ether oxygens (including phenoxy) is 2. The van der Waals surface area contributed by atoms with Crippen molar-refractivity contribution >= 4 is 11.9 Å². The lowest BCUT2D eigenvalue weighted by Crippen LogP contribution is -2.39. The molecule has 1 rings (SSSR count). The van der Waals surface area contributed by atoms with Crippen LogP contribution in [0.3, 0.4) is 0 Å². The molecule has 0 amide bonds. The number of phenols is 2. The number of benzene rings is 1. The summed E-state index contributed by atoms with van der Waals surface area (Å²) in [5.74, 6) is -1.63. The van der Waals surface area contributed by atoms with Crippen molar-refractivity contribution in [3.8, 4) is 11.5 Å². The van der Waals surface area contributed by atoms with Gasteiger partial charge in [0.15, 0.2) is 11.5 Å². The second kappa shape index (κ2) is 7.65. The van der Waals surface area contributed by atoms with E-state index in [-0.39, 0.29) is 17.9 Å². The largest absolute Gasteiger partial charge is 0.504 e. The van der Waals surface area contributed by atoms with Gasteiger partial charge in [-0.05, 0) is 38.0 Å². The van der Waals surface area contributed by atoms with Crippen molar-refractivity contribution in [3.05, 3.63) is 23.8 Å². The van der Waals surface area contributed by atoms with E-state index < -0.39 is 30.2 Å². The van der Waals surface area contributed by atoms with E-state index in [4.69, 9.17) is 15.2 Å². The molecule has 7 heteroatoms. The first-order valence-electron chi connectivity index (χ1n) is 6.84. The molecule has 0 radical (unpaired) electrons. The molecule has 22 heavy (non-hydrogen) atoms. The van der Waals surface area contributed by atoms with Gasteiger partial charge in [-0.2, -0.15) is 0 Å². The van der Waals surface area contributed by atoms with Gasteiger partial charge in [-0.25, -0.2) is 0 Å². The van der Waals surface area contributed by atoms with Crippen LogP contribution in [0.1, 0.15) is 26.3 Å². The summed E-state index contributed by atoms with van der Waals surface area (Å²) in [6, 6.07) is 3.25. The quantitative estimate of drug-likeness (QED) is 0.526. The molecule has 0 fully saturated rings. The summed E-state index contributed by atoms with van der Waals surface area (Å²) in [5.41, 5.74) is 6.34. The molecule has 1 aromatic carbocycles. The number of nitrogens with two attached hydrogens (primary N) is 1. The van der Waals surface area contributed by atoms with Crippen molar-refractivity contribution < 1.29 is 29.3 Å². The molecule has 3 atom stereocenters. The van der Waals surface area contributed by atoms with Gasteiger partial charge >= 0.3 is 11.9 Å². The monoisotopic (exact) mass is 311 g/mol. The minimum absolute atomic E-state index is 0.140. The van der Waals surface area contributed by atoms with E-state index in [2.05, 4.69) is 0 Å². The van der Waals surface area contributed by atoms with Gasteiger partial charge in [0.1, 0.15) is 18.2 Å². The van der Waals surface area contributed by atoms with Crippen LogP contribution in [0.4, 0.5) is 0 Å². The van der Waals surface area contributed by atoms with Gasteiger partial charge < -0.3 is 25.4 Å². The van der Waals surface area contributed by atoms with Crippen molar-refractivity contribution in [2.45, 2.75) is 45.4 Å². The summed E-state index contributed by atoms with van der Waals surface area (Å²) in [5, 5.41) is 18.6. The average molecular weight is 311 g/mol. The lowest BCUT2D eigenvalue weighted by Gasteiger charge is -2.22. The number of carbonyl (C=O) groups is 2. The molecule has 0 aliphatic heterocycles. The third kappa shape index (κ3) is 5.25. The standard InChI is InChI=1S/C15H21NO6/c1-8(21-10(3)17)9(2)22-15(20)12(16)6-11-4-5-13(18)14(19)7-11/h4-5,7-9,12,18-19H,6,16H2,1-3H3/t8-,9-,12+/m1/s1. The first-order valence-corrected chi connectivity index (χ1v) is 6.84. The van der Waals surface area contributed by atoms with Crippen LogP contribution < -0.4 is 5.73 Å². The van der Waals surface area contributed by atoms with Crippen LogP contribution in [0.2, 0.25) is 0 Å². The maximum Gasteiger partial charge on any atom is 0.323 e. The van der Waals surface area contributed by atoms with Crippen LogP contribution in [-0.2, 0) is 25.5 Å². The molecule has 0 saturated heterocycles. The summed E-state index contributed by atoms with van der Waals surface area (Å²) < 4.78 is 10.1. The molecule has 0 spiro atoms. The van der Waals surface area contributed by atoms with Crippen LogP contribution in [0.25, 0.3) is 0 Å². The number of hydrogen-bond acceptors (Lipinski definition) is 7. The minimum Gasteiger partial charge on any atom is -0.504 e. The van der Waals surface area contributed by atoms with Crippen molar-refractivity contribution in [2.75, 3.05) is 0 Å². The average Bonchev–Trinajstić information content (AvgIpc) is 2.41. The van der Waals surface area contributed by atoms with Gasteiger partial charge in [-0.1, -0.05) is 6.07 Å². The summed E-state index contributed by atoms with van der Waals surface area (Å²) in [6.07, 6.45) is -1.07. The molecule has 0 unspecified atom stereocenters. The first-order chi connectivity index (χ1) is 10.2. The smallest absolute Gasteiger partial charge is 0.323 e.